The number of piperidine rings is 1. The van der Waals surface area contributed by atoms with Crippen molar-refractivity contribution in [2.24, 2.45) is 0 Å². The fraction of sp³-hybridized carbons (Fsp3) is 0.229. The number of methoxy groups -OCH3 is 1. The van der Waals surface area contributed by atoms with Crippen molar-refractivity contribution < 1.29 is 4.74 Å². The maximum absolute atomic E-state index is 12.1. The number of rotatable bonds is 8. The van der Waals surface area contributed by atoms with Crippen LogP contribution in [0.3, 0.4) is 0 Å². The molecular formula is C35H33N7O3. The Balaban J connectivity index is 1.14. The van der Waals surface area contributed by atoms with Crippen molar-refractivity contribution in [2.45, 2.75) is 25.4 Å². The predicted octanol–water partition coefficient (Wildman–Crippen LogP) is 4.44. The highest BCUT2D eigenvalue weighted by molar-refractivity contribution is 5.84. The Morgan fingerprint density at radius 3 is 2.38 bits per heavy atom. The number of nitrogens with two attached hydrogens (primary N) is 1. The molecule has 1 fully saturated rings. The molecule has 3 aromatic carbocycles. The van der Waals surface area contributed by atoms with Crippen LogP contribution in [-0.4, -0.2) is 57.7 Å². The molecule has 10 nitrogen and oxygen atoms in total. The number of hydrogen-bond donors (Lipinski definition) is 1. The highest BCUT2D eigenvalue weighted by atomic mass is 16.5. The monoisotopic (exact) mass is 599 g/mol. The van der Waals surface area contributed by atoms with E-state index in [0.29, 0.717) is 17.3 Å². The number of aromatic nitrogens is 4. The lowest BCUT2D eigenvalue weighted by molar-refractivity contribution is 0.203. The third kappa shape index (κ3) is 5.12. The summed E-state index contributed by atoms with van der Waals surface area (Å²) in [5.41, 5.74) is 12.0. The van der Waals surface area contributed by atoms with Gasteiger partial charge in [-0.2, -0.15) is 0 Å². The molecule has 2 N–H and O–H groups in total. The second-order valence-corrected chi connectivity index (χ2v) is 11.4. The molecule has 4 heterocycles. The fourth-order valence-electron chi connectivity index (χ4n) is 6.28. The van der Waals surface area contributed by atoms with Crippen molar-refractivity contribution in [3.63, 3.8) is 0 Å². The lowest BCUT2D eigenvalue weighted by Gasteiger charge is -2.38. The van der Waals surface area contributed by atoms with Gasteiger partial charge >= 0.3 is 0 Å². The zero-order valence-corrected chi connectivity index (χ0v) is 25.2. The zero-order valence-electron chi connectivity index (χ0n) is 25.2. The largest absolute Gasteiger partial charge is 0.491 e. The van der Waals surface area contributed by atoms with E-state index in [9.17, 15) is 9.59 Å². The Labute approximate surface area is 260 Å². The van der Waals surface area contributed by atoms with Gasteiger partial charge in [-0.15, -0.1) is 0 Å². The van der Waals surface area contributed by atoms with Gasteiger partial charge in [0, 0.05) is 50.2 Å². The number of fused-ring (bicyclic) bond motifs is 1. The molecule has 0 saturated carbocycles. The van der Waals surface area contributed by atoms with Crippen LogP contribution in [0.2, 0.25) is 0 Å². The smallest absolute Gasteiger partial charge is 0.272 e. The molecule has 1 aliphatic heterocycles. The summed E-state index contributed by atoms with van der Waals surface area (Å²) in [7, 11) is 3.31. The van der Waals surface area contributed by atoms with E-state index in [0.717, 1.165) is 66.1 Å². The average Bonchev–Trinajstić information content (AvgIpc) is 3.46. The van der Waals surface area contributed by atoms with Gasteiger partial charge in [-0.3, -0.25) is 19.1 Å². The number of nitrogens with zero attached hydrogens (tertiary/aromatic N) is 6. The molecule has 1 aliphatic rings. The van der Waals surface area contributed by atoms with Gasteiger partial charge < -0.3 is 15.4 Å². The molecule has 3 aromatic heterocycles. The number of benzene rings is 2. The molecule has 10 heteroatoms. The zero-order chi connectivity index (χ0) is 31.1. The van der Waals surface area contributed by atoms with Crippen molar-refractivity contribution >= 4 is 22.7 Å². The summed E-state index contributed by atoms with van der Waals surface area (Å²) in [4.78, 5) is 42.6. The van der Waals surface area contributed by atoms with Gasteiger partial charge in [0.2, 0.25) is 0 Å². The minimum absolute atomic E-state index is 0.177. The van der Waals surface area contributed by atoms with Crippen LogP contribution in [0.4, 0.5) is 11.5 Å². The first kappa shape index (κ1) is 28.4. The molecule has 0 bridgehead atoms. The van der Waals surface area contributed by atoms with Gasteiger partial charge in [0.25, 0.3) is 10.9 Å². The van der Waals surface area contributed by atoms with Gasteiger partial charge in [0.15, 0.2) is 17.2 Å². The lowest BCUT2D eigenvalue weighted by Crippen LogP contribution is -2.48. The van der Waals surface area contributed by atoms with Crippen LogP contribution in [-0.2, 0) is 6.54 Å². The number of likely N-dealkylation sites (tertiary alicyclic amines) is 1. The third-order valence-electron chi connectivity index (χ3n) is 8.76. The Morgan fingerprint density at radius 1 is 0.911 bits per heavy atom. The number of ether oxygens (including phenoxy) is 1. The average molecular weight is 600 g/mol. The lowest BCUT2D eigenvalue weighted by atomic mass is 10.0. The van der Waals surface area contributed by atoms with Gasteiger partial charge in [0.05, 0.1) is 18.4 Å². The van der Waals surface area contributed by atoms with E-state index in [4.69, 9.17) is 20.4 Å². The van der Waals surface area contributed by atoms with Crippen LogP contribution < -0.4 is 26.2 Å². The molecular weight excluding hydrogens is 566 g/mol. The molecule has 1 saturated heterocycles. The van der Waals surface area contributed by atoms with E-state index in [1.807, 2.05) is 66.5 Å². The van der Waals surface area contributed by atoms with E-state index in [1.165, 1.54) is 12.7 Å². The van der Waals surface area contributed by atoms with Gasteiger partial charge in [0.1, 0.15) is 17.0 Å². The Bertz CT molecular complexity index is 2060. The molecule has 45 heavy (non-hydrogen) atoms. The normalized spacial score (nSPS) is 14.3. The quantitative estimate of drug-likeness (QED) is 0.253. The van der Waals surface area contributed by atoms with Gasteiger partial charge in [-0.1, -0.05) is 42.5 Å². The number of anilines is 2. The number of imidazole rings is 1. The second-order valence-electron chi connectivity index (χ2n) is 11.4. The standard InChI is InChI=1S/C35H33N7O3/c1-40(29-30(43)31(44)32(29)45-2)24-16-19-41(20-17-24)21-22-10-12-25(13-11-22)42-34(26-9-6-18-37-33(26)36)39-28-15-14-27(38-35(28)42)23-7-4-3-5-8-23/h3-15,18,24H,16-17,19-21H2,1-2H3,(H2,36,37). The van der Waals surface area contributed by atoms with Crippen molar-refractivity contribution in [3.05, 3.63) is 111 Å². The SMILES string of the molecule is COc1c(N(C)C2CCN(Cc3ccc(-n4c(-c5cccnc5N)nc5ccc(-c6ccccc6)nc54)cc3)CC2)c(=O)c1=O. The van der Waals surface area contributed by atoms with Crippen LogP contribution in [0, 0.1) is 0 Å². The van der Waals surface area contributed by atoms with Crippen molar-refractivity contribution in [1.82, 2.24) is 24.4 Å². The topological polar surface area (TPSA) is 119 Å². The van der Waals surface area contributed by atoms with E-state index >= 15 is 0 Å². The maximum atomic E-state index is 12.1. The molecule has 226 valence electrons. The summed E-state index contributed by atoms with van der Waals surface area (Å²) in [6.07, 6.45) is 3.46. The summed E-state index contributed by atoms with van der Waals surface area (Å²) in [6, 6.07) is 26.6. The highest BCUT2D eigenvalue weighted by Crippen LogP contribution is 2.32. The summed E-state index contributed by atoms with van der Waals surface area (Å²) in [6.45, 7) is 2.58. The highest BCUT2D eigenvalue weighted by Gasteiger charge is 2.31. The summed E-state index contributed by atoms with van der Waals surface area (Å²) in [5.74, 6) is 1.27. The molecule has 6 aromatic rings. The van der Waals surface area contributed by atoms with Crippen LogP contribution in [0.5, 0.6) is 5.75 Å². The Kier molecular flexibility index (Phi) is 7.34. The van der Waals surface area contributed by atoms with E-state index in [2.05, 4.69) is 38.7 Å². The molecule has 0 unspecified atom stereocenters. The number of hydrogen-bond acceptors (Lipinski definition) is 9. The Morgan fingerprint density at radius 2 is 1.67 bits per heavy atom. The molecule has 0 spiro atoms. The fourth-order valence-corrected chi connectivity index (χ4v) is 6.28. The summed E-state index contributed by atoms with van der Waals surface area (Å²) in [5, 5.41) is 0. The van der Waals surface area contributed by atoms with E-state index in [-0.39, 0.29) is 11.8 Å². The molecule has 0 aliphatic carbocycles. The Hall–Kier alpha value is -5.35. The predicted molar refractivity (Wildman–Crippen MR) is 177 cm³/mol. The van der Waals surface area contributed by atoms with Crippen molar-refractivity contribution in [3.8, 4) is 34.1 Å². The first-order valence-corrected chi connectivity index (χ1v) is 15.0. The van der Waals surface area contributed by atoms with Gasteiger partial charge in [-0.05, 0) is 54.8 Å². The third-order valence-corrected chi connectivity index (χ3v) is 8.76. The summed E-state index contributed by atoms with van der Waals surface area (Å²) >= 11 is 0. The van der Waals surface area contributed by atoms with E-state index in [1.54, 1.807) is 6.20 Å². The van der Waals surface area contributed by atoms with Crippen molar-refractivity contribution in [1.29, 1.82) is 0 Å². The summed E-state index contributed by atoms with van der Waals surface area (Å²) < 4.78 is 7.21. The van der Waals surface area contributed by atoms with Crippen LogP contribution in [0.15, 0.2) is 94.6 Å². The first-order valence-electron chi connectivity index (χ1n) is 15.0. The first-order chi connectivity index (χ1) is 21.9. The molecule has 7 rings (SSSR count). The number of nitrogen functional groups attached to an aromatic ring is 1. The maximum Gasteiger partial charge on any atom is 0.272 e. The molecule has 0 atom stereocenters. The molecule has 0 radical (unpaired) electrons. The van der Waals surface area contributed by atoms with Crippen LogP contribution in [0.25, 0.3) is 39.5 Å². The van der Waals surface area contributed by atoms with Gasteiger partial charge in [-0.25, -0.2) is 15.0 Å². The van der Waals surface area contributed by atoms with Crippen LogP contribution >= 0.6 is 0 Å². The van der Waals surface area contributed by atoms with E-state index < -0.39 is 10.9 Å². The number of pyridine rings is 2. The second kappa shape index (κ2) is 11.6. The minimum Gasteiger partial charge on any atom is -0.491 e. The minimum atomic E-state index is -0.535. The van der Waals surface area contributed by atoms with Crippen molar-refractivity contribution in [2.75, 3.05) is 37.9 Å². The van der Waals surface area contributed by atoms with Crippen LogP contribution in [0.1, 0.15) is 18.4 Å². The molecule has 0 amide bonds.